The molecule has 0 saturated heterocycles. The van der Waals surface area contributed by atoms with Crippen molar-refractivity contribution in [2.75, 3.05) is 13.6 Å². The second-order valence-electron chi connectivity index (χ2n) is 1.49. The fraction of sp³-hybridized carbons (Fsp3) is 0.667. The normalized spacial score (nSPS) is 11.3. The van der Waals surface area contributed by atoms with Crippen molar-refractivity contribution in [3.05, 3.63) is 0 Å². The van der Waals surface area contributed by atoms with Gasteiger partial charge in [0.15, 0.2) is 0 Å². The van der Waals surface area contributed by atoms with Crippen molar-refractivity contribution in [2.24, 2.45) is 5.73 Å². The van der Waals surface area contributed by atoms with Gasteiger partial charge < -0.3 is 5.73 Å². The third-order valence-corrected chi connectivity index (χ3v) is 1.91. The fourth-order valence-electron chi connectivity index (χ4n) is 0.238. The lowest BCUT2D eigenvalue weighted by Crippen LogP contribution is -2.38. The van der Waals surface area contributed by atoms with Crippen LogP contribution in [0, 0.1) is 0 Å². The summed E-state index contributed by atoms with van der Waals surface area (Å²) in [5, 5.41) is 0. The van der Waals surface area contributed by atoms with Crippen LogP contribution < -0.4 is 15.2 Å². The molecule has 0 saturated carbocycles. The summed E-state index contributed by atoms with van der Waals surface area (Å²) < 4.78 is 25.3. The molecule has 0 amide bonds. The predicted molar refractivity (Wildman–Crippen MR) is 42.8 cm³/mol. The quantitative estimate of drug-likeness (QED) is 0.455. The van der Waals surface area contributed by atoms with E-state index in [2.05, 4.69) is 16.9 Å². The van der Waals surface area contributed by atoms with E-state index < -0.39 is 10.2 Å². The third kappa shape index (κ3) is 4.62. The molecule has 0 fully saturated rings. The average Bonchev–Trinajstić information content (AvgIpc) is 1.85. The van der Waals surface area contributed by atoms with E-state index in [4.69, 9.17) is 5.73 Å². The van der Waals surface area contributed by atoms with E-state index in [1.807, 2.05) is 4.72 Å². The Morgan fingerprint density at radius 3 is 2.50 bits per heavy atom. The largest absolute Gasteiger partial charge is 0.392 e. The average molecular weight is 183 g/mol. The Bertz CT molecular complexity index is 210. The summed E-state index contributed by atoms with van der Waals surface area (Å²) >= 11 is 4.43. The molecule has 60 valence electrons. The van der Waals surface area contributed by atoms with Crippen molar-refractivity contribution < 1.29 is 8.42 Å². The van der Waals surface area contributed by atoms with E-state index in [0.29, 0.717) is 0 Å². The minimum absolute atomic E-state index is 0.0154. The molecule has 0 aliphatic carbocycles. The minimum atomic E-state index is -3.38. The number of hydrogen-bond acceptors (Lipinski definition) is 3. The van der Waals surface area contributed by atoms with Crippen molar-refractivity contribution in [3.63, 3.8) is 0 Å². The molecule has 0 heterocycles. The zero-order valence-corrected chi connectivity index (χ0v) is 7.05. The number of thiocarbonyl (C=S) groups is 1. The van der Waals surface area contributed by atoms with Crippen LogP contribution in [0.5, 0.6) is 0 Å². The van der Waals surface area contributed by atoms with Gasteiger partial charge in [-0.15, -0.1) is 0 Å². The predicted octanol–water partition coefficient (Wildman–Crippen LogP) is -1.67. The van der Waals surface area contributed by atoms with Crippen LogP contribution in [0.2, 0.25) is 0 Å². The minimum Gasteiger partial charge on any atom is -0.392 e. The van der Waals surface area contributed by atoms with Gasteiger partial charge in [-0.25, -0.2) is 4.72 Å². The van der Waals surface area contributed by atoms with Crippen molar-refractivity contribution in [3.8, 4) is 0 Å². The first-order valence-electron chi connectivity index (χ1n) is 2.44. The number of rotatable bonds is 4. The molecule has 0 aliphatic rings. The maximum absolute atomic E-state index is 10.6. The SMILES string of the molecule is CNS(=O)(=O)NCC(N)=S. The number of nitrogens with one attached hydrogen (secondary N) is 2. The van der Waals surface area contributed by atoms with E-state index in [-0.39, 0.29) is 11.5 Å². The molecule has 4 N–H and O–H groups in total. The first kappa shape index (κ1) is 9.76. The molecule has 0 radical (unpaired) electrons. The topological polar surface area (TPSA) is 84.2 Å². The molecule has 0 unspecified atom stereocenters. The van der Waals surface area contributed by atoms with E-state index in [1.165, 1.54) is 7.05 Å². The van der Waals surface area contributed by atoms with Crippen molar-refractivity contribution in [2.45, 2.75) is 0 Å². The zero-order valence-electron chi connectivity index (χ0n) is 5.42. The van der Waals surface area contributed by atoms with Gasteiger partial charge >= 0.3 is 0 Å². The Kier molecular flexibility index (Phi) is 3.72. The highest BCUT2D eigenvalue weighted by Gasteiger charge is 2.03. The molecule has 0 aliphatic heterocycles. The first-order valence-corrected chi connectivity index (χ1v) is 4.33. The van der Waals surface area contributed by atoms with Gasteiger partial charge in [0.05, 0.1) is 11.5 Å². The highest BCUT2D eigenvalue weighted by Crippen LogP contribution is 1.71. The summed E-state index contributed by atoms with van der Waals surface area (Å²) in [4.78, 5) is 0.110. The molecule has 0 aromatic heterocycles. The fourth-order valence-corrected chi connectivity index (χ4v) is 0.892. The first-order chi connectivity index (χ1) is 4.48. The monoisotopic (exact) mass is 183 g/mol. The Morgan fingerprint density at radius 2 is 2.20 bits per heavy atom. The summed E-state index contributed by atoms with van der Waals surface area (Å²) in [6.07, 6.45) is 0. The lowest BCUT2D eigenvalue weighted by molar-refractivity contribution is 0.578. The van der Waals surface area contributed by atoms with E-state index in [1.54, 1.807) is 0 Å². The Morgan fingerprint density at radius 1 is 1.70 bits per heavy atom. The maximum atomic E-state index is 10.6. The van der Waals surface area contributed by atoms with Gasteiger partial charge in [0, 0.05) is 7.05 Å². The molecule has 0 aromatic rings. The van der Waals surface area contributed by atoms with Crippen LogP contribution in [0.3, 0.4) is 0 Å². The van der Waals surface area contributed by atoms with Crippen LogP contribution in [-0.4, -0.2) is 27.0 Å². The lowest BCUT2D eigenvalue weighted by Gasteiger charge is -2.01. The van der Waals surface area contributed by atoms with Crippen LogP contribution in [0.25, 0.3) is 0 Å². The van der Waals surface area contributed by atoms with Gasteiger partial charge in [-0.2, -0.15) is 13.1 Å². The zero-order chi connectivity index (χ0) is 8.20. The Labute approximate surface area is 65.2 Å². The van der Waals surface area contributed by atoms with Crippen LogP contribution in [-0.2, 0) is 10.2 Å². The molecule has 0 spiro atoms. The van der Waals surface area contributed by atoms with Gasteiger partial charge in [0.1, 0.15) is 0 Å². The van der Waals surface area contributed by atoms with E-state index in [9.17, 15) is 8.42 Å². The second kappa shape index (κ2) is 3.81. The molecule has 7 heteroatoms. The van der Waals surface area contributed by atoms with Crippen LogP contribution >= 0.6 is 12.2 Å². The van der Waals surface area contributed by atoms with Crippen molar-refractivity contribution in [1.29, 1.82) is 0 Å². The molecule has 0 atom stereocenters. The van der Waals surface area contributed by atoms with E-state index >= 15 is 0 Å². The highest BCUT2D eigenvalue weighted by molar-refractivity contribution is 7.87. The summed E-state index contributed by atoms with van der Waals surface area (Å²) in [5.41, 5.74) is 5.03. The summed E-state index contributed by atoms with van der Waals surface area (Å²) in [6.45, 7) is -0.0154. The van der Waals surface area contributed by atoms with E-state index in [0.717, 1.165) is 0 Å². The molecule has 10 heavy (non-hydrogen) atoms. The van der Waals surface area contributed by atoms with Gasteiger partial charge in [-0.05, 0) is 0 Å². The van der Waals surface area contributed by atoms with Crippen LogP contribution in [0.4, 0.5) is 0 Å². The van der Waals surface area contributed by atoms with Gasteiger partial charge in [-0.3, -0.25) is 0 Å². The highest BCUT2D eigenvalue weighted by atomic mass is 32.2. The lowest BCUT2D eigenvalue weighted by atomic mass is 10.7. The third-order valence-electron chi connectivity index (χ3n) is 0.705. The van der Waals surface area contributed by atoms with Crippen molar-refractivity contribution >= 4 is 27.4 Å². The van der Waals surface area contributed by atoms with Crippen molar-refractivity contribution in [1.82, 2.24) is 9.44 Å². The molecule has 0 bridgehead atoms. The molecular formula is C3H9N3O2S2. The summed E-state index contributed by atoms with van der Waals surface area (Å²) in [6, 6.07) is 0. The number of hydrogen-bond donors (Lipinski definition) is 3. The van der Waals surface area contributed by atoms with Gasteiger partial charge in [0.2, 0.25) is 0 Å². The molecule has 0 aromatic carbocycles. The number of nitrogens with two attached hydrogens (primary N) is 1. The van der Waals surface area contributed by atoms with Crippen LogP contribution in [0.15, 0.2) is 0 Å². The Hall–Kier alpha value is -0.240. The molecular weight excluding hydrogens is 174 g/mol. The summed E-state index contributed by atoms with van der Waals surface area (Å²) in [7, 11) is -2.09. The van der Waals surface area contributed by atoms with Gasteiger partial charge in [-0.1, -0.05) is 12.2 Å². The second-order valence-corrected chi connectivity index (χ2v) is 3.72. The van der Waals surface area contributed by atoms with Gasteiger partial charge in [0.25, 0.3) is 10.2 Å². The summed E-state index contributed by atoms with van der Waals surface area (Å²) in [5.74, 6) is 0. The smallest absolute Gasteiger partial charge is 0.277 e. The molecule has 5 nitrogen and oxygen atoms in total. The maximum Gasteiger partial charge on any atom is 0.277 e. The molecule has 0 rings (SSSR count). The Balaban J connectivity index is 3.81. The van der Waals surface area contributed by atoms with Crippen LogP contribution in [0.1, 0.15) is 0 Å². The standard InChI is InChI=1S/C3H9N3O2S2/c1-5-10(7,8)6-2-3(4)9/h5-6H,2H2,1H3,(H2,4,9).